The van der Waals surface area contributed by atoms with Gasteiger partial charge in [0.05, 0.1) is 5.56 Å². The monoisotopic (exact) mass is 236 g/mol. The lowest BCUT2D eigenvalue weighted by Gasteiger charge is -2.05. The molecule has 1 heterocycles. The number of fused-ring (bicyclic) bond motifs is 3. The van der Waals surface area contributed by atoms with E-state index in [1.165, 1.54) is 6.07 Å². The average Bonchev–Trinajstić information content (AvgIpc) is 2.65. The molecule has 0 fully saturated rings. The number of hydrogen-bond acceptors (Lipinski definition) is 1. The predicted molar refractivity (Wildman–Crippen MR) is 58.7 cm³/mol. The van der Waals surface area contributed by atoms with E-state index in [1.54, 1.807) is 30.3 Å². The van der Waals surface area contributed by atoms with Crippen molar-refractivity contribution >= 4 is 21.9 Å². The van der Waals surface area contributed by atoms with Gasteiger partial charge in [0.25, 0.3) is 0 Å². The second-order valence-corrected chi connectivity index (χ2v) is 3.78. The molecule has 0 spiro atoms. The van der Waals surface area contributed by atoms with Gasteiger partial charge in [-0.2, -0.15) is 13.2 Å². The summed E-state index contributed by atoms with van der Waals surface area (Å²) in [5.74, 6) is 0. The zero-order valence-electron chi connectivity index (χ0n) is 8.58. The average molecular weight is 236 g/mol. The quantitative estimate of drug-likeness (QED) is 0.555. The molecule has 0 aliphatic rings. The number of benzene rings is 2. The minimum atomic E-state index is -4.40. The molecule has 1 aromatic heterocycles. The Kier molecular flexibility index (Phi) is 1.96. The Hall–Kier alpha value is -1.97. The molecular formula is C13H7F3O. The normalized spacial score (nSPS) is 12.4. The van der Waals surface area contributed by atoms with Crippen molar-refractivity contribution in [2.24, 2.45) is 0 Å². The minimum absolute atomic E-state index is 0.0961. The van der Waals surface area contributed by atoms with Crippen molar-refractivity contribution in [2.45, 2.75) is 6.18 Å². The molecule has 0 bridgehead atoms. The topological polar surface area (TPSA) is 13.1 Å². The molecule has 1 nitrogen and oxygen atoms in total. The van der Waals surface area contributed by atoms with E-state index in [4.69, 9.17) is 4.42 Å². The van der Waals surface area contributed by atoms with Gasteiger partial charge in [0, 0.05) is 10.8 Å². The van der Waals surface area contributed by atoms with Gasteiger partial charge in [-0.3, -0.25) is 0 Å². The summed E-state index contributed by atoms with van der Waals surface area (Å²) in [6.45, 7) is 0. The summed E-state index contributed by atoms with van der Waals surface area (Å²) in [5.41, 5.74) is -0.355. The molecule has 0 radical (unpaired) electrons. The van der Waals surface area contributed by atoms with Crippen molar-refractivity contribution in [2.75, 3.05) is 0 Å². The van der Waals surface area contributed by atoms with Gasteiger partial charge in [-0.1, -0.05) is 30.3 Å². The summed E-state index contributed by atoms with van der Waals surface area (Å²) in [4.78, 5) is 0. The molecule has 2 aromatic carbocycles. The maximum Gasteiger partial charge on any atom is 0.420 e. The van der Waals surface area contributed by atoms with Crippen molar-refractivity contribution in [3.63, 3.8) is 0 Å². The highest BCUT2D eigenvalue weighted by Gasteiger charge is 2.34. The summed E-state index contributed by atoms with van der Waals surface area (Å²) in [5, 5.41) is 1.20. The Morgan fingerprint density at radius 2 is 1.53 bits per heavy atom. The van der Waals surface area contributed by atoms with Crippen LogP contribution in [0, 0.1) is 0 Å². The van der Waals surface area contributed by atoms with Crippen molar-refractivity contribution in [1.29, 1.82) is 0 Å². The Balaban J connectivity index is 2.48. The zero-order valence-corrected chi connectivity index (χ0v) is 8.58. The van der Waals surface area contributed by atoms with E-state index in [1.807, 2.05) is 0 Å². The fourth-order valence-electron chi connectivity index (χ4n) is 1.97. The molecule has 0 aliphatic carbocycles. The van der Waals surface area contributed by atoms with Crippen LogP contribution in [-0.2, 0) is 6.18 Å². The number of hydrogen-bond donors (Lipinski definition) is 0. The Bertz CT molecular complexity index is 695. The Labute approximate surface area is 94.5 Å². The third kappa shape index (κ3) is 1.48. The smallest absolute Gasteiger partial charge is 0.420 e. The van der Waals surface area contributed by atoms with Crippen molar-refractivity contribution in [3.05, 3.63) is 48.0 Å². The fourth-order valence-corrected chi connectivity index (χ4v) is 1.97. The molecule has 17 heavy (non-hydrogen) atoms. The van der Waals surface area contributed by atoms with E-state index in [-0.39, 0.29) is 5.58 Å². The number of halogens is 3. The van der Waals surface area contributed by atoms with E-state index in [9.17, 15) is 13.2 Å². The largest absolute Gasteiger partial charge is 0.455 e. The summed E-state index contributed by atoms with van der Waals surface area (Å²) < 4.78 is 43.6. The van der Waals surface area contributed by atoms with Gasteiger partial charge in [0.2, 0.25) is 0 Å². The van der Waals surface area contributed by atoms with Crippen LogP contribution < -0.4 is 0 Å². The van der Waals surface area contributed by atoms with Gasteiger partial charge >= 0.3 is 6.18 Å². The zero-order chi connectivity index (χ0) is 12.0. The number of furan rings is 1. The van der Waals surface area contributed by atoms with Gasteiger partial charge in [0.1, 0.15) is 11.2 Å². The van der Waals surface area contributed by atoms with E-state index >= 15 is 0 Å². The van der Waals surface area contributed by atoms with Crippen LogP contribution in [0.4, 0.5) is 13.2 Å². The summed E-state index contributed by atoms with van der Waals surface area (Å²) in [6.07, 6.45) is -4.40. The summed E-state index contributed by atoms with van der Waals surface area (Å²) in [6, 6.07) is 11.0. The van der Waals surface area contributed by atoms with Crippen LogP contribution >= 0.6 is 0 Å². The second-order valence-electron chi connectivity index (χ2n) is 3.78. The number of rotatable bonds is 0. The first-order valence-electron chi connectivity index (χ1n) is 5.05. The molecule has 0 saturated carbocycles. The van der Waals surface area contributed by atoms with Crippen LogP contribution in [0.2, 0.25) is 0 Å². The number of alkyl halides is 3. The minimum Gasteiger partial charge on any atom is -0.455 e. The summed E-state index contributed by atoms with van der Waals surface area (Å²) in [7, 11) is 0. The maximum absolute atomic E-state index is 12.8. The first kappa shape index (κ1) is 10.2. The van der Waals surface area contributed by atoms with Crippen LogP contribution in [0.5, 0.6) is 0 Å². The molecule has 86 valence electrons. The van der Waals surface area contributed by atoms with E-state index in [0.717, 1.165) is 6.07 Å². The molecular weight excluding hydrogens is 229 g/mol. The first-order valence-corrected chi connectivity index (χ1v) is 5.05. The van der Waals surface area contributed by atoms with Crippen molar-refractivity contribution in [1.82, 2.24) is 0 Å². The van der Waals surface area contributed by atoms with Gasteiger partial charge in [-0.05, 0) is 12.1 Å². The lowest BCUT2D eigenvalue weighted by molar-refractivity contribution is -0.136. The Morgan fingerprint density at radius 1 is 0.824 bits per heavy atom. The predicted octanol–water partition coefficient (Wildman–Crippen LogP) is 4.60. The molecule has 3 aromatic rings. The maximum atomic E-state index is 12.8. The van der Waals surface area contributed by atoms with Crippen LogP contribution in [0.25, 0.3) is 21.9 Å². The lowest BCUT2D eigenvalue weighted by atomic mass is 10.1. The molecule has 4 heteroatoms. The Morgan fingerprint density at radius 3 is 2.29 bits per heavy atom. The molecule has 3 rings (SSSR count). The molecule has 0 unspecified atom stereocenters. The van der Waals surface area contributed by atoms with Crippen molar-refractivity contribution in [3.8, 4) is 0 Å². The van der Waals surface area contributed by atoms with Gasteiger partial charge in [-0.25, -0.2) is 0 Å². The molecule has 0 atom stereocenters. The standard InChI is InChI=1S/C13H7F3O/c14-13(15,16)10-6-3-5-9-8-4-1-2-7-11(8)17-12(9)10/h1-7H. The number of para-hydroxylation sites is 2. The van der Waals surface area contributed by atoms with Crippen LogP contribution in [0.1, 0.15) is 5.56 Å². The highest BCUT2D eigenvalue weighted by atomic mass is 19.4. The molecule has 0 saturated heterocycles. The summed E-state index contributed by atoms with van der Waals surface area (Å²) >= 11 is 0. The SMILES string of the molecule is FC(F)(F)c1cccc2c1oc1ccccc12. The van der Waals surface area contributed by atoms with Crippen LogP contribution in [-0.4, -0.2) is 0 Å². The third-order valence-electron chi connectivity index (χ3n) is 2.71. The highest BCUT2D eigenvalue weighted by Crippen LogP contribution is 2.38. The van der Waals surface area contributed by atoms with E-state index in [2.05, 4.69) is 0 Å². The fraction of sp³-hybridized carbons (Fsp3) is 0.0769. The third-order valence-corrected chi connectivity index (χ3v) is 2.71. The van der Waals surface area contributed by atoms with E-state index < -0.39 is 11.7 Å². The van der Waals surface area contributed by atoms with Crippen LogP contribution in [0.3, 0.4) is 0 Å². The van der Waals surface area contributed by atoms with E-state index in [0.29, 0.717) is 16.4 Å². The van der Waals surface area contributed by atoms with Crippen molar-refractivity contribution < 1.29 is 17.6 Å². The second kappa shape index (κ2) is 3.26. The van der Waals surface area contributed by atoms with Gasteiger partial charge < -0.3 is 4.42 Å². The molecule has 0 aliphatic heterocycles. The molecule has 0 N–H and O–H groups in total. The van der Waals surface area contributed by atoms with Gasteiger partial charge in [-0.15, -0.1) is 0 Å². The highest BCUT2D eigenvalue weighted by molar-refractivity contribution is 6.05. The van der Waals surface area contributed by atoms with Crippen LogP contribution in [0.15, 0.2) is 46.9 Å². The first-order chi connectivity index (χ1) is 8.07. The lowest BCUT2D eigenvalue weighted by Crippen LogP contribution is -2.04. The van der Waals surface area contributed by atoms with Gasteiger partial charge in [0.15, 0.2) is 0 Å². The molecule has 0 amide bonds.